The number of non-ortho nitro benzene ring substituents is 1. The fourth-order valence-corrected chi connectivity index (χ4v) is 2.69. The van der Waals surface area contributed by atoms with E-state index in [1.807, 2.05) is 0 Å². The van der Waals surface area contributed by atoms with Crippen LogP contribution in [0.2, 0.25) is 10.0 Å². The molecule has 2 aromatic carbocycles. The Balaban J connectivity index is 1.90. The van der Waals surface area contributed by atoms with Crippen LogP contribution in [0.3, 0.4) is 0 Å². The average molecular weight is 382 g/mol. The molecule has 0 aliphatic heterocycles. The van der Waals surface area contributed by atoms with Gasteiger partial charge < -0.3 is 9.73 Å². The number of oxazole rings is 1. The van der Waals surface area contributed by atoms with Crippen molar-refractivity contribution in [3.63, 3.8) is 0 Å². The summed E-state index contributed by atoms with van der Waals surface area (Å²) in [6, 6.07) is 8.21. The number of anilines is 1. The lowest BCUT2D eigenvalue weighted by molar-refractivity contribution is -0.384. The van der Waals surface area contributed by atoms with Gasteiger partial charge in [-0.15, -0.1) is 0 Å². The molecule has 10 heteroatoms. The van der Waals surface area contributed by atoms with E-state index in [1.165, 1.54) is 30.3 Å². The van der Waals surface area contributed by atoms with Gasteiger partial charge in [0.1, 0.15) is 6.54 Å². The standard InChI is InChI=1S/C15H9Cl2N3O5/c16-8-1-3-11(10(17)5-8)18-14(21)7-19-12-6-9(20(23)24)2-4-13(12)25-15(19)22/h1-6H,7H2,(H,18,21). The zero-order valence-electron chi connectivity index (χ0n) is 12.4. The third kappa shape index (κ3) is 3.49. The highest BCUT2D eigenvalue weighted by atomic mass is 35.5. The minimum atomic E-state index is -0.798. The Hall–Kier alpha value is -2.84. The molecular formula is C15H9Cl2N3O5. The molecule has 0 unspecified atom stereocenters. The second-order valence-electron chi connectivity index (χ2n) is 5.04. The van der Waals surface area contributed by atoms with Crippen LogP contribution in [-0.4, -0.2) is 15.4 Å². The van der Waals surface area contributed by atoms with Crippen molar-refractivity contribution in [3.05, 3.63) is 67.1 Å². The van der Waals surface area contributed by atoms with Gasteiger partial charge in [0.25, 0.3) is 5.69 Å². The van der Waals surface area contributed by atoms with Crippen LogP contribution < -0.4 is 11.1 Å². The molecule has 1 aromatic heterocycles. The van der Waals surface area contributed by atoms with Gasteiger partial charge in [-0.2, -0.15) is 0 Å². The zero-order chi connectivity index (χ0) is 18.1. The number of nitrogens with zero attached hydrogens (tertiary/aromatic N) is 2. The summed E-state index contributed by atoms with van der Waals surface area (Å²) in [7, 11) is 0. The van der Waals surface area contributed by atoms with Crippen LogP contribution >= 0.6 is 23.2 Å². The van der Waals surface area contributed by atoms with Crippen molar-refractivity contribution in [1.29, 1.82) is 0 Å². The summed E-state index contributed by atoms with van der Waals surface area (Å²) < 4.78 is 5.99. The highest BCUT2D eigenvalue weighted by molar-refractivity contribution is 6.36. The highest BCUT2D eigenvalue weighted by Gasteiger charge is 2.17. The lowest BCUT2D eigenvalue weighted by atomic mass is 10.3. The first-order valence-electron chi connectivity index (χ1n) is 6.88. The van der Waals surface area contributed by atoms with E-state index in [1.54, 1.807) is 6.07 Å². The number of nitro groups is 1. The third-order valence-electron chi connectivity index (χ3n) is 3.37. The van der Waals surface area contributed by atoms with Crippen LogP contribution in [0.15, 0.2) is 45.6 Å². The van der Waals surface area contributed by atoms with Crippen LogP contribution in [-0.2, 0) is 11.3 Å². The molecule has 0 atom stereocenters. The van der Waals surface area contributed by atoms with Crippen molar-refractivity contribution in [2.24, 2.45) is 0 Å². The predicted molar refractivity (Wildman–Crippen MR) is 92.2 cm³/mol. The largest absolute Gasteiger partial charge is 0.420 e. The lowest BCUT2D eigenvalue weighted by Crippen LogP contribution is -2.24. The number of carbonyl (C=O) groups excluding carboxylic acids is 1. The summed E-state index contributed by atoms with van der Waals surface area (Å²) in [6.45, 7) is -0.397. The van der Waals surface area contributed by atoms with Gasteiger partial charge in [0.15, 0.2) is 5.58 Å². The molecule has 8 nitrogen and oxygen atoms in total. The van der Waals surface area contributed by atoms with Gasteiger partial charge >= 0.3 is 5.76 Å². The maximum atomic E-state index is 12.2. The minimum Gasteiger partial charge on any atom is -0.408 e. The summed E-state index contributed by atoms with van der Waals surface area (Å²) in [5, 5.41) is 14.1. The quantitative estimate of drug-likeness (QED) is 0.549. The summed E-state index contributed by atoms with van der Waals surface area (Å²) in [5.74, 6) is -1.35. The van der Waals surface area contributed by atoms with E-state index in [-0.39, 0.29) is 21.8 Å². The summed E-state index contributed by atoms with van der Waals surface area (Å²) >= 11 is 11.8. The molecule has 0 spiro atoms. The lowest BCUT2D eigenvalue weighted by Gasteiger charge is -2.07. The Morgan fingerprint density at radius 3 is 2.68 bits per heavy atom. The molecule has 0 radical (unpaired) electrons. The normalized spacial score (nSPS) is 10.8. The Labute approximate surface area is 149 Å². The van der Waals surface area contributed by atoms with E-state index < -0.39 is 23.1 Å². The van der Waals surface area contributed by atoms with E-state index in [0.717, 1.165) is 4.57 Å². The molecule has 1 heterocycles. The van der Waals surface area contributed by atoms with Crippen molar-refractivity contribution in [3.8, 4) is 0 Å². The Kier molecular flexibility index (Phi) is 4.47. The van der Waals surface area contributed by atoms with Crippen molar-refractivity contribution in [2.75, 3.05) is 5.32 Å². The van der Waals surface area contributed by atoms with E-state index in [2.05, 4.69) is 5.32 Å². The SMILES string of the molecule is O=C(Cn1c(=O)oc2ccc([N+](=O)[O-])cc21)Nc1ccc(Cl)cc1Cl. The van der Waals surface area contributed by atoms with Crippen LogP contribution in [0.1, 0.15) is 0 Å². The maximum absolute atomic E-state index is 12.2. The number of benzene rings is 2. The van der Waals surface area contributed by atoms with Crippen molar-refractivity contribution >= 4 is 51.6 Å². The number of nitrogens with one attached hydrogen (secondary N) is 1. The van der Waals surface area contributed by atoms with Gasteiger partial charge in [-0.3, -0.25) is 19.5 Å². The average Bonchev–Trinajstić information content (AvgIpc) is 2.85. The smallest absolute Gasteiger partial charge is 0.408 e. The number of aromatic nitrogens is 1. The molecule has 25 heavy (non-hydrogen) atoms. The monoisotopic (exact) mass is 381 g/mol. The maximum Gasteiger partial charge on any atom is 0.420 e. The molecule has 128 valence electrons. The highest BCUT2D eigenvalue weighted by Crippen LogP contribution is 2.25. The van der Waals surface area contributed by atoms with Crippen molar-refractivity contribution < 1.29 is 14.1 Å². The number of hydrogen-bond acceptors (Lipinski definition) is 5. The molecule has 0 fully saturated rings. The van der Waals surface area contributed by atoms with E-state index in [4.69, 9.17) is 27.6 Å². The zero-order valence-corrected chi connectivity index (χ0v) is 13.9. The molecule has 3 aromatic rings. The number of amides is 1. The van der Waals surface area contributed by atoms with Crippen molar-refractivity contribution in [2.45, 2.75) is 6.54 Å². The number of halogens is 2. The van der Waals surface area contributed by atoms with E-state index in [0.29, 0.717) is 10.7 Å². The summed E-state index contributed by atoms with van der Waals surface area (Å²) in [4.78, 5) is 34.4. The van der Waals surface area contributed by atoms with Gasteiger partial charge in [0.05, 0.1) is 21.2 Å². The molecule has 1 amide bonds. The number of nitro benzene ring substituents is 1. The molecule has 0 aliphatic rings. The number of carbonyl (C=O) groups is 1. The van der Waals surface area contributed by atoms with Crippen LogP contribution in [0.5, 0.6) is 0 Å². The fourth-order valence-electron chi connectivity index (χ4n) is 2.24. The summed E-state index contributed by atoms with van der Waals surface area (Å²) in [5.41, 5.74) is 0.399. The van der Waals surface area contributed by atoms with Gasteiger partial charge in [0.2, 0.25) is 5.91 Å². The summed E-state index contributed by atoms with van der Waals surface area (Å²) in [6.07, 6.45) is 0. The van der Waals surface area contributed by atoms with Gasteiger partial charge in [-0.05, 0) is 24.3 Å². The molecule has 0 saturated heterocycles. The topological polar surface area (TPSA) is 107 Å². The second-order valence-corrected chi connectivity index (χ2v) is 5.88. The first-order valence-corrected chi connectivity index (χ1v) is 7.63. The fraction of sp³-hybridized carbons (Fsp3) is 0.0667. The van der Waals surface area contributed by atoms with Crippen LogP contribution in [0.4, 0.5) is 11.4 Å². The molecular weight excluding hydrogens is 373 g/mol. The first kappa shape index (κ1) is 17.0. The Bertz CT molecular complexity index is 1060. The minimum absolute atomic E-state index is 0.146. The molecule has 3 rings (SSSR count). The van der Waals surface area contributed by atoms with E-state index in [9.17, 15) is 19.7 Å². The van der Waals surface area contributed by atoms with Gasteiger partial charge in [-0.1, -0.05) is 23.2 Å². The number of hydrogen-bond donors (Lipinski definition) is 1. The first-order chi connectivity index (χ1) is 11.8. The molecule has 0 bridgehead atoms. The Morgan fingerprint density at radius 1 is 1.24 bits per heavy atom. The van der Waals surface area contributed by atoms with E-state index >= 15 is 0 Å². The third-order valence-corrected chi connectivity index (χ3v) is 3.92. The van der Waals surface area contributed by atoms with Gasteiger partial charge in [-0.25, -0.2) is 4.79 Å². The predicted octanol–water partition coefficient (Wildman–Crippen LogP) is 3.45. The molecule has 1 N–H and O–H groups in total. The van der Waals surface area contributed by atoms with Crippen molar-refractivity contribution in [1.82, 2.24) is 4.57 Å². The second kappa shape index (κ2) is 6.58. The van der Waals surface area contributed by atoms with Gasteiger partial charge in [0, 0.05) is 17.2 Å². The number of fused-ring (bicyclic) bond motifs is 1. The molecule has 0 saturated carbocycles. The van der Waals surface area contributed by atoms with Crippen LogP contribution in [0, 0.1) is 10.1 Å². The Morgan fingerprint density at radius 2 is 2.00 bits per heavy atom. The number of rotatable bonds is 4. The van der Waals surface area contributed by atoms with Crippen LogP contribution in [0.25, 0.3) is 11.1 Å². The molecule has 0 aliphatic carbocycles.